The highest BCUT2D eigenvalue weighted by Crippen LogP contribution is 2.27. The van der Waals surface area contributed by atoms with E-state index in [4.69, 9.17) is 0 Å². The van der Waals surface area contributed by atoms with Gasteiger partial charge in [-0.15, -0.1) is 0 Å². The summed E-state index contributed by atoms with van der Waals surface area (Å²) in [7, 11) is 0. The number of rotatable bonds is 5. The van der Waals surface area contributed by atoms with E-state index >= 15 is 0 Å². The summed E-state index contributed by atoms with van der Waals surface area (Å²) >= 11 is 0. The first kappa shape index (κ1) is 15.2. The maximum Gasteiger partial charge on any atom is 0.234 e. The maximum atomic E-state index is 12.0. The van der Waals surface area contributed by atoms with Gasteiger partial charge in [0.15, 0.2) is 5.78 Å². The average Bonchev–Trinajstić information content (AvgIpc) is 2.54. The van der Waals surface area contributed by atoms with Gasteiger partial charge in [0.2, 0.25) is 5.91 Å². The second-order valence-corrected chi connectivity index (χ2v) is 6.24. The van der Waals surface area contributed by atoms with E-state index in [1.165, 1.54) is 6.92 Å². The third kappa shape index (κ3) is 3.80. The van der Waals surface area contributed by atoms with Gasteiger partial charge in [-0.25, -0.2) is 0 Å². The van der Waals surface area contributed by atoms with Crippen LogP contribution in [0.4, 0.5) is 0 Å². The number of carbonyl (C=O) groups excluding carboxylic acids is 2. The Hall–Kier alpha value is -0.900. The van der Waals surface area contributed by atoms with Crippen LogP contribution in [0.25, 0.3) is 0 Å². The van der Waals surface area contributed by atoms with Crippen molar-refractivity contribution in [3.8, 4) is 0 Å². The van der Waals surface area contributed by atoms with E-state index in [0.29, 0.717) is 6.54 Å². The Kier molecular flexibility index (Phi) is 4.91. The lowest BCUT2D eigenvalue weighted by Gasteiger charge is -2.31. The molecular weight excluding hydrogens is 228 g/mol. The van der Waals surface area contributed by atoms with E-state index in [9.17, 15) is 9.59 Å². The molecule has 1 fully saturated rings. The number of amides is 1. The molecule has 0 bridgehead atoms. The predicted octanol–water partition coefficient (Wildman–Crippen LogP) is 1.59. The second-order valence-electron chi connectivity index (χ2n) is 6.24. The van der Waals surface area contributed by atoms with Crippen LogP contribution in [-0.4, -0.2) is 41.3 Å². The minimum absolute atomic E-state index is 0.0269. The summed E-state index contributed by atoms with van der Waals surface area (Å²) in [6, 6.07) is -0.358. The van der Waals surface area contributed by atoms with Crippen LogP contribution in [0.1, 0.15) is 47.5 Å². The summed E-state index contributed by atoms with van der Waals surface area (Å²) in [4.78, 5) is 25.7. The molecule has 0 aromatic rings. The van der Waals surface area contributed by atoms with Gasteiger partial charge in [-0.2, -0.15) is 0 Å². The van der Waals surface area contributed by atoms with Crippen molar-refractivity contribution in [3.63, 3.8) is 0 Å². The second kappa shape index (κ2) is 5.83. The number of Topliss-reactive ketones (excluding diaryl/α,β-unsaturated/α-hetero) is 1. The minimum Gasteiger partial charge on any atom is -0.345 e. The van der Waals surface area contributed by atoms with Crippen molar-refractivity contribution in [2.45, 2.75) is 59.0 Å². The molecule has 1 aliphatic rings. The van der Waals surface area contributed by atoms with E-state index in [1.54, 1.807) is 0 Å². The van der Waals surface area contributed by atoms with Crippen molar-refractivity contribution < 1.29 is 9.59 Å². The lowest BCUT2D eigenvalue weighted by atomic mass is 10.0. The number of hydrogen-bond donors (Lipinski definition) is 1. The van der Waals surface area contributed by atoms with Gasteiger partial charge in [0.1, 0.15) is 0 Å². The molecule has 0 radical (unpaired) electrons. The van der Waals surface area contributed by atoms with Gasteiger partial charge in [0.05, 0.1) is 12.6 Å². The van der Waals surface area contributed by atoms with Crippen molar-refractivity contribution in [2.24, 2.45) is 5.92 Å². The number of hydrogen-bond acceptors (Lipinski definition) is 3. The van der Waals surface area contributed by atoms with Crippen LogP contribution >= 0.6 is 0 Å². The maximum absolute atomic E-state index is 12.0. The van der Waals surface area contributed by atoms with Crippen LogP contribution in [0, 0.1) is 5.92 Å². The smallest absolute Gasteiger partial charge is 0.234 e. The Morgan fingerprint density at radius 3 is 2.33 bits per heavy atom. The Bertz CT molecular complexity index is 324. The zero-order chi connectivity index (χ0) is 13.9. The van der Waals surface area contributed by atoms with Gasteiger partial charge >= 0.3 is 0 Å². The van der Waals surface area contributed by atoms with E-state index in [1.807, 2.05) is 13.8 Å². The van der Waals surface area contributed by atoms with E-state index < -0.39 is 0 Å². The summed E-state index contributed by atoms with van der Waals surface area (Å²) in [6.45, 7) is 11.1. The fourth-order valence-electron chi connectivity index (χ4n) is 2.59. The molecule has 1 heterocycles. The SMILES string of the molecule is CC(=O)C(NC(=O)CN1CCCC1(C)C)C(C)C. The van der Waals surface area contributed by atoms with E-state index in [0.717, 1.165) is 19.4 Å². The Labute approximate surface area is 110 Å². The molecule has 0 aromatic heterocycles. The van der Waals surface area contributed by atoms with Crippen molar-refractivity contribution in [1.82, 2.24) is 10.2 Å². The summed E-state index contributed by atoms with van der Waals surface area (Å²) in [6.07, 6.45) is 2.27. The average molecular weight is 254 g/mol. The molecule has 0 saturated carbocycles. The zero-order valence-electron chi connectivity index (χ0n) is 12.2. The molecule has 1 aliphatic heterocycles. The summed E-state index contributed by atoms with van der Waals surface area (Å²) in [5, 5.41) is 2.85. The minimum atomic E-state index is -0.358. The van der Waals surface area contributed by atoms with Crippen LogP contribution in [0.15, 0.2) is 0 Å². The molecule has 1 unspecified atom stereocenters. The molecule has 0 spiro atoms. The fraction of sp³-hybridized carbons (Fsp3) is 0.857. The molecule has 4 nitrogen and oxygen atoms in total. The molecule has 1 saturated heterocycles. The molecule has 1 atom stereocenters. The summed E-state index contributed by atoms with van der Waals surface area (Å²) < 4.78 is 0. The summed E-state index contributed by atoms with van der Waals surface area (Å²) in [5.74, 6) is 0.121. The Morgan fingerprint density at radius 1 is 1.33 bits per heavy atom. The first-order valence-electron chi connectivity index (χ1n) is 6.79. The first-order chi connectivity index (χ1) is 8.24. The molecule has 4 heteroatoms. The Morgan fingerprint density at radius 2 is 1.94 bits per heavy atom. The van der Waals surface area contributed by atoms with Gasteiger partial charge in [0.25, 0.3) is 0 Å². The van der Waals surface area contributed by atoms with E-state index in [-0.39, 0.29) is 29.2 Å². The van der Waals surface area contributed by atoms with Gasteiger partial charge in [-0.05, 0) is 46.1 Å². The quantitative estimate of drug-likeness (QED) is 0.810. The summed E-state index contributed by atoms with van der Waals surface area (Å²) in [5.41, 5.74) is 0.0981. The largest absolute Gasteiger partial charge is 0.345 e. The molecule has 1 rings (SSSR count). The highest BCUT2D eigenvalue weighted by molar-refractivity contribution is 5.88. The number of nitrogens with zero attached hydrogens (tertiary/aromatic N) is 1. The van der Waals surface area contributed by atoms with Crippen LogP contribution < -0.4 is 5.32 Å². The predicted molar refractivity (Wildman–Crippen MR) is 72.3 cm³/mol. The fourth-order valence-corrected chi connectivity index (χ4v) is 2.59. The van der Waals surface area contributed by atoms with Crippen LogP contribution in [0.5, 0.6) is 0 Å². The number of likely N-dealkylation sites (tertiary alicyclic amines) is 1. The highest BCUT2D eigenvalue weighted by atomic mass is 16.2. The number of nitrogens with one attached hydrogen (secondary N) is 1. The molecule has 18 heavy (non-hydrogen) atoms. The molecule has 104 valence electrons. The van der Waals surface area contributed by atoms with Crippen molar-refractivity contribution in [3.05, 3.63) is 0 Å². The van der Waals surface area contributed by atoms with Crippen molar-refractivity contribution in [1.29, 1.82) is 0 Å². The number of carbonyl (C=O) groups is 2. The van der Waals surface area contributed by atoms with E-state index in [2.05, 4.69) is 24.1 Å². The van der Waals surface area contributed by atoms with Crippen molar-refractivity contribution >= 4 is 11.7 Å². The van der Waals surface area contributed by atoms with Gasteiger partial charge in [-0.3, -0.25) is 14.5 Å². The molecular formula is C14H26N2O2. The molecule has 0 aromatic carbocycles. The topological polar surface area (TPSA) is 49.4 Å². The lowest BCUT2D eigenvalue weighted by molar-refractivity contribution is -0.129. The molecule has 1 amide bonds. The Balaban J connectivity index is 2.53. The standard InChI is InChI=1S/C14H26N2O2/c1-10(2)13(11(3)17)15-12(18)9-16-8-6-7-14(16,4)5/h10,13H,6-9H2,1-5H3,(H,15,18). The van der Waals surface area contributed by atoms with Crippen LogP contribution in [-0.2, 0) is 9.59 Å². The third-order valence-electron chi connectivity index (χ3n) is 3.83. The van der Waals surface area contributed by atoms with Gasteiger partial charge in [-0.1, -0.05) is 13.8 Å². The van der Waals surface area contributed by atoms with Gasteiger partial charge < -0.3 is 5.32 Å². The number of ketones is 1. The van der Waals surface area contributed by atoms with Crippen LogP contribution in [0.3, 0.4) is 0 Å². The molecule has 1 N–H and O–H groups in total. The highest BCUT2D eigenvalue weighted by Gasteiger charge is 2.33. The molecule has 0 aliphatic carbocycles. The normalized spacial score (nSPS) is 21.0. The lowest BCUT2D eigenvalue weighted by Crippen LogP contribution is -2.50. The zero-order valence-corrected chi connectivity index (χ0v) is 12.2. The van der Waals surface area contributed by atoms with Crippen molar-refractivity contribution in [2.75, 3.05) is 13.1 Å². The van der Waals surface area contributed by atoms with Gasteiger partial charge in [0, 0.05) is 5.54 Å². The first-order valence-corrected chi connectivity index (χ1v) is 6.79. The monoisotopic (exact) mass is 254 g/mol. The third-order valence-corrected chi connectivity index (χ3v) is 3.83. The van der Waals surface area contributed by atoms with Crippen LogP contribution in [0.2, 0.25) is 0 Å².